The molecule has 0 amide bonds. The van der Waals surface area contributed by atoms with Crippen molar-refractivity contribution in [3.8, 4) is 0 Å². The minimum Gasteiger partial charge on any atom is -0.304 e. The van der Waals surface area contributed by atoms with Crippen LogP contribution in [0.3, 0.4) is 0 Å². The molecule has 0 aromatic heterocycles. The predicted molar refractivity (Wildman–Crippen MR) is 34.0 cm³/mol. The Labute approximate surface area is 48.9 Å². The molecule has 2 heteroatoms. The second-order valence-electron chi connectivity index (χ2n) is 1.60. The highest BCUT2D eigenvalue weighted by atomic mass is 32.2. The number of thioether (sulfide) groups is 1. The van der Waals surface area contributed by atoms with Crippen LogP contribution in [0.15, 0.2) is 0 Å². The van der Waals surface area contributed by atoms with Crippen molar-refractivity contribution < 1.29 is 0 Å². The molecule has 0 atom stereocenters. The molecule has 1 N–H and O–H groups in total. The summed E-state index contributed by atoms with van der Waals surface area (Å²) in [6.45, 7) is 2.15. The molecule has 1 aliphatic heterocycles. The summed E-state index contributed by atoms with van der Waals surface area (Å²) in [5.74, 6) is 2.43. The first-order valence-electron chi connectivity index (χ1n) is 2.63. The molecule has 1 aliphatic rings. The zero-order valence-electron chi connectivity index (χ0n) is 4.31. The highest BCUT2D eigenvalue weighted by Gasteiger charge is 1.94. The lowest BCUT2D eigenvalue weighted by Gasteiger charge is -1.90. The lowest BCUT2D eigenvalue weighted by molar-refractivity contribution is 0.823. The molecule has 1 fully saturated rings. The van der Waals surface area contributed by atoms with E-state index < -0.39 is 0 Å². The number of hydrogen-bond donors (Lipinski definition) is 1. The van der Waals surface area contributed by atoms with Crippen molar-refractivity contribution in [2.45, 2.75) is 12.8 Å². The van der Waals surface area contributed by atoms with Crippen molar-refractivity contribution in [2.24, 2.45) is 0 Å². The Morgan fingerprint density at radius 3 is 3.57 bits per heavy atom. The fraction of sp³-hybridized carbons (Fsp3) is 0.800. The van der Waals surface area contributed by atoms with Crippen molar-refractivity contribution in [3.63, 3.8) is 0 Å². The summed E-state index contributed by atoms with van der Waals surface area (Å²) >= 11 is 1.97. The Balaban J connectivity index is 2.04. The molecular weight excluding hydrogens is 106 g/mol. The maximum absolute atomic E-state index is 3.19. The van der Waals surface area contributed by atoms with Crippen LogP contribution < -0.4 is 5.32 Å². The van der Waals surface area contributed by atoms with Crippen LogP contribution in [0.5, 0.6) is 0 Å². The van der Waals surface area contributed by atoms with Crippen LogP contribution in [0, 0.1) is 6.54 Å². The number of rotatable bonds is 0. The number of nitrogens with one attached hydrogen (secondary N) is 1. The van der Waals surface area contributed by atoms with Crippen molar-refractivity contribution in [1.29, 1.82) is 0 Å². The van der Waals surface area contributed by atoms with Crippen LogP contribution >= 0.6 is 11.8 Å². The van der Waals surface area contributed by atoms with Crippen LogP contribution in [-0.4, -0.2) is 11.6 Å². The summed E-state index contributed by atoms with van der Waals surface area (Å²) < 4.78 is 0. The molecule has 0 aromatic rings. The molecule has 0 aliphatic carbocycles. The topological polar surface area (TPSA) is 12.0 Å². The first-order chi connectivity index (χ1) is 3.50. The summed E-state index contributed by atoms with van der Waals surface area (Å²) in [5, 5.41) is 3.19. The number of hydrogen-bond acceptors (Lipinski definition) is 2. The van der Waals surface area contributed by atoms with E-state index in [4.69, 9.17) is 0 Å². The van der Waals surface area contributed by atoms with E-state index in [9.17, 15) is 0 Å². The van der Waals surface area contributed by atoms with Gasteiger partial charge in [0.05, 0.1) is 0 Å². The van der Waals surface area contributed by atoms with Gasteiger partial charge in [-0.2, -0.15) is 0 Å². The Kier molecular flexibility index (Phi) is 2.59. The summed E-state index contributed by atoms with van der Waals surface area (Å²) in [4.78, 5) is 0. The Bertz CT molecular complexity index is 27.7. The molecule has 0 spiro atoms. The molecule has 1 heterocycles. The van der Waals surface area contributed by atoms with Crippen LogP contribution in [0.25, 0.3) is 0 Å². The van der Waals surface area contributed by atoms with Crippen molar-refractivity contribution in [1.82, 2.24) is 5.32 Å². The van der Waals surface area contributed by atoms with Crippen LogP contribution in [0.1, 0.15) is 12.8 Å². The third-order valence-corrected chi connectivity index (χ3v) is 1.92. The van der Waals surface area contributed by atoms with Crippen LogP contribution in [0.4, 0.5) is 0 Å². The minimum atomic E-state index is 1.11. The molecule has 0 saturated carbocycles. The van der Waals surface area contributed by atoms with Gasteiger partial charge in [-0.1, -0.05) is 0 Å². The lowest BCUT2D eigenvalue weighted by atomic mass is 10.3. The van der Waals surface area contributed by atoms with Gasteiger partial charge in [0.2, 0.25) is 0 Å². The first kappa shape index (κ1) is 5.45. The summed E-state index contributed by atoms with van der Waals surface area (Å²) in [7, 11) is 0. The maximum Gasteiger partial charge on any atom is 0.0420 e. The quantitative estimate of drug-likeness (QED) is 0.510. The highest BCUT2D eigenvalue weighted by molar-refractivity contribution is 7.99. The highest BCUT2D eigenvalue weighted by Crippen LogP contribution is 2.07. The van der Waals surface area contributed by atoms with E-state index in [1.165, 1.54) is 18.6 Å². The van der Waals surface area contributed by atoms with Gasteiger partial charge in [0.25, 0.3) is 0 Å². The molecule has 0 bridgehead atoms. The normalized spacial score (nSPS) is 24.0. The third kappa shape index (κ3) is 2.19. The van der Waals surface area contributed by atoms with Gasteiger partial charge in [-0.25, -0.2) is 0 Å². The van der Waals surface area contributed by atoms with E-state index in [2.05, 4.69) is 11.9 Å². The van der Waals surface area contributed by atoms with Gasteiger partial charge >= 0.3 is 0 Å². The van der Waals surface area contributed by atoms with Crippen LogP contribution in [0.2, 0.25) is 0 Å². The van der Waals surface area contributed by atoms with Gasteiger partial charge in [-0.3, -0.25) is 0 Å². The molecule has 1 saturated heterocycles. The molecule has 1 nitrogen and oxygen atoms in total. The molecule has 0 aromatic carbocycles. The first-order valence-corrected chi connectivity index (χ1v) is 3.78. The van der Waals surface area contributed by atoms with E-state index in [-0.39, 0.29) is 0 Å². The average molecular weight is 116 g/mol. The Hall–Kier alpha value is 0.310. The smallest absolute Gasteiger partial charge is 0.0420 e. The zero-order valence-corrected chi connectivity index (χ0v) is 5.13. The van der Waals surface area contributed by atoms with Gasteiger partial charge in [-0.15, -0.1) is 11.8 Å². The van der Waals surface area contributed by atoms with E-state index in [1.54, 1.807) is 0 Å². The second kappa shape index (κ2) is 3.33. The monoisotopic (exact) mass is 116 g/mol. The van der Waals surface area contributed by atoms with E-state index in [0.29, 0.717) is 0 Å². The minimum absolute atomic E-state index is 1.11. The van der Waals surface area contributed by atoms with Crippen molar-refractivity contribution in [3.05, 3.63) is 6.54 Å². The molecule has 1 rings (SSSR count). The molecule has 7 heavy (non-hydrogen) atoms. The van der Waals surface area contributed by atoms with Gasteiger partial charge in [-0.05, 0) is 18.6 Å². The fourth-order valence-electron chi connectivity index (χ4n) is 0.580. The Morgan fingerprint density at radius 1 is 1.57 bits per heavy atom. The summed E-state index contributed by atoms with van der Waals surface area (Å²) in [5.41, 5.74) is 0. The average Bonchev–Trinajstić information content (AvgIpc) is 1.90. The fourth-order valence-corrected chi connectivity index (χ4v) is 1.33. The molecule has 0 unspecified atom stereocenters. The zero-order chi connectivity index (χ0) is 4.95. The van der Waals surface area contributed by atoms with Crippen molar-refractivity contribution >= 4 is 11.8 Å². The Morgan fingerprint density at radius 2 is 2.57 bits per heavy atom. The van der Waals surface area contributed by atoms with Gasteiger partial charge < -0.3 is 5.32 Å². The SMILES string of the molecule is [CH]1CCCSCN1. The van der Waals surface area contributed by atoms with Gasteiger partial charge in [0.1, 0.15) is 0 Å². The van der Waals surface area contributed by atoms with Gasteiger partial charge in [0, 0.05) is 12.4 Å². The summed E-state index contributed by atoms with van der Waals surface area (Å²) in [6, 6.07) is 0. The third-order valence-electron chi connectivity index (χ3n) is 0.967. The van der Waals surface area contributed by atoms with Gasteiger partial charge in [0.15, 0.2) is 0 Å². The van der Waals surface area contributed by atoms with E-state index in [1.807, 2.05) is 11.8 Å². The standard InChI is InChI=1S/C5H10NS/c1-2-4-7-5-6-3-1/h3,6H,1-2,4-5H2. The van der Waals surface area contributed by atoms with Crippen LogP contribution in [-0.2, 0) is 0 Å². The summed E-state index contributed by atoms with van der Waals surface area (Å²) in [6.07, 6.45) is 2.59. The lowest BCUT2D eigenvalue weighted by Crippen LogP contribution is -2.04. The molecule has 1 radical (unpaired) electrons. The van der Waals surface area contributed by atoms with Crippen molar-refractivity contribution in [2.75, 3.05) is 11.6 Å². The molecule has 41 valence electrons. The second-order valence-corrected chi connectivity index (χ2v) is 2.71. The largest absolute Gasteiger partial charge is 0.304 e. The molecular formula is C5H10NS. The maximum atomic E-state index is 3.19. The van der Waals surface area contributed by atoms with E-state index in [0.717, 1.165) is 5.88 Å². The predicted octanol–water partition coefficient (Wildman–Crippen LogP) is 1.22. The van der Waals surface area contributed by atoms with E-state index >= 15 is 0 Å².